The number of methoxy groups -OCH3 is 1. The molecule has 0 radical (unpaired) electrons. The summed E-state index contributed by atoms with van der Waals surface area (Å²) in [4.78, 5) is 37.7. The van der Waals surface area contributed by atoms with Crippen LogP contribution in [0.2, 0.25) is 0 Å². The van der Waals surface area contributed by atoms with Gasteiger partial charge in [-0.1, -0.05) is 11.6 Å². The summed E-state index contributed by atoms with van der Waals surface area (Å²) in [5.41, 5.74) is 0.698. The molecule has 0 aromatic carbocycles. The summed E-state index contributed by atoms with van der Waals surface area (Å²) in [6.45, 7) is 0. The minimum Gasteiger partial charge on any atom is -0.469 e. The Labute approximate surface area is 129 Å². The van der Waals surface area contributed by atoms with Crippen molar-refractivity contribution < 1.29 is 19.1 Å². The molecule has 116 valence electrons. The molecule has 0 saturated heterocycles. The molecular weight excluding hydrogens is 280 g/mol. The molecule has 5 fully saturated rings. The van der Waals surface area contributed by atoms with Crippen LogP contribution in [0.5, 0.6) is 0 Å². The monoisotopic (exact) mass is 300 g/mol. The number of Topliss-reactive ketones (excluding diaryl/α,β-unsaturated/α-hetero) is 2. The molecule has 0 aliphatic heterocycles. The Morgan fingerprint density at radius 2 is 2.09 bits per heavy atom. The van der Waals surface area contributed by atoms with Crippen LogP contribution in [0.1, 0.15) is 38.5 Å². The van der Waals surface area contributed by atoms with Crippen molar-refractivity contribution in [2.24, 2.45) is 34.5 Å². The Balaban J connectivity index is 1.63. The topological polar surface area (TPSA) is 60.4 Å². The maximum atomic E-state index is 12.9. The summed E-state index contributed by atoms with van der Waals surface area (Å²) in [5, 5.41) is 0. The molecule has 2 spiro atoms. The van der Waals surface area contributed by atoms with E-state index in [2.05, 4.69) is 6.08 Å². The summed E-state index contributed by atoms with van der Waals surface area (Å²) >= 11 is 0. The van der Waals surface area contributed by atoms with E-state index < -0.39 is 0 Å². The Hall–Kier alpha value is -1.45. The second-order valence-corrected chi connectivity index (χ2v) is 7.82. The fourth-order valence-corrected chi connectivity index (χ4v) is 6.79. The summed E-state index contributed by atoms with van der Waals surface area (Å²) in [6, 6.07) is 0. The van der Waals surface area contributed by atoms with Gasteiger partial charge in [-0.2, -0.15) is 0 Å². The van der Waals surface area contributed by atoms with E-state index in [0.29, 0.717) is 12.2 Å². The van der Waals surface area contributed by atoms with Gasteiger partial charge >= 0.3 is 5.97 Å². The third-order valence-corrected chi connectivity index (χ3v) is 7.49. The van der Waals surface area contributed by atoms with Crippen molar-refractivity contribution in [2.75, 3.05) is 7.11 Å². The molecule has 6 atom stereocenters. The van der Waals surface area contributed by atoms with Crippen molar-refractivity contribution in [1.29, 1.82) is 0 Å². The van der Waals surface area contributed by atoms with Gasteiger partial charge in [-0.15, -0.1) is 0 Å². The second-order valence-electron chi connectivity index (χ2n) is 7.82. The van der Waals surface area contributed by atoms with E-state index >= 15 is 0 Å². The van der Waals surface area contributed by atoms with Crippen molar-refractivity contribution in [1.82, 2.24) is 0 Å². The van der Waals surface area contributed by atoms with Crippen LogP contribution in [0, 0.1) is 34.5 Å². The van der Waals surface area contributed by atoms with Gasteiger partial charge in [-0.05, 0) is 32.1 Å². The first-order chi connectivity index (χ1) is 10.6. The van der Waals surface area contributed by atoms with E-state index in [1.807, 2.05) is 0 Å². The third-order valence-electron chi connectivity index (χ3n) is 7.49. The Morgan fingerprint density at radius 1 is 1.27 bits per heavy atom. The number of carbonyl (C=O) groups is 3. The van der Waals surface area contributed by atoms with Crippen molar-refractivity contribution >= 4 is 17.5 Å². The largest absolute Gasteiger partial charge is 0.469 e. The van der Waals surface area contributed by atoms with Crippen LogP contribution in [-0.2, 0) is 19.1 Å². The average Bonchev–Trinajstić information content (AvgIpc) is 3.10. The van der Waals surface area contributed by atoms with Crippen LogP contribution in [0.4, 0.5) is 0 Å². The van der Waals surface area contributed by atoms with Gasteiger partial charge in [0.2, 0.25) is 0 Å². The van der Waals surface area contributed by atoms with Crippen molar-refractivity contribution in [3.63, 3.8) is 0 Å². The molecule has 6 aliphatic carbocycles. The Kier molecular flexibility index (Phi) is 2.20. The van der Waals surface area contributed by atoms with Crippen LogP contribution in [0.15, 0.2) is 11.6 Å². The smallest absolute Gasteiger partial charge is 0.309 e. The van der Waals surface area contributed by atoms with Gasteiger partial charge < -0.3 is 4.74 Å². The molecule has 0 aromatic heterocycles. The maximum absolute atomic E-state index is 12.9. The highest BCUT2D eigenvalue weighted by Gasteiger charge is 2.90. The molecule has 22 heavy (non-hydrogen) atoms. The number of carbonyl (C=O) groups excluding carboxylic acids is 3. The number of esters is 1. The number of hydrogen-bond acceptors (Lipinski definition) is 4. The van der Waals surface area contributed by atoms with Crippen LogP contribution in [-0.4, -0.2) is 24.6 Å². The summed E-state index contributed by atoms with van der Waals surface area (Å²) < 4.78 is 4.97. The minimum absolute atomic E-state index is 0.0192. The molecule has 6 rings (SSSR count). The zero-order chi connectivity index (χ0) is 15.3. The lowest BCUT2D eigenvalue weighted by Crippen LogP contribution is -2.45. The standard InChI is InChI=1S/C18H20O4/c1-22-16(21)10-3-2-4-12-11(10)7-13(19)18-8-9-5-6-17(12,18)15(18)14(9)20/h4,9-11,15H,2-3,5-8H2,1H3/t9-,10-,11-,15?,17+,18-/m1/s1. The highest BCUT2D eigenvalue weighted by molar-refractivity contribution is 6.08. The third kappa shape index (κ3) is 1.09. The lowest BCUT2D eigenvalue weighted by molar-refractivity contribution is -0.148. The number of rotatable bonds is 1. The number of ether oxygens (including phenoxy) is 1. The molecule has 1 unspecified atom stereocenters. The number of ketones is 2. The van der Waals surface area contributed by atoms with Gasteiger partial charge in [0, 0.05) is 29.6 Å². The first-order valence-corrected chi connectivity index (χ1v) is 8.43. The highest BCUT2D eigenvalue weighted by atomic mass is 16.5. The van der Waals surface area contributed by atoms with Crippen LogP contribution >= 0.6 is 0 Å². The van der Waals surface area contributed by atoms with E-state index in [-0.39, 0.29) is 46.3 Å². The molecule has 6 aliphatic rings. The highest BCUT2D eigenvalue weighted by Crippen LogP contribution is 2.87. The molecule has 4 bridgehead atoms. The predicted molar refractivity (Wildman–Crippen MR) is 76.6 cm³/mol. The zero-order valence-electron chi connectivity index (χ0n) is 12.8. The normalized spacial score (nSPS) is 50.9. The van der Waals surface area contributed by atoms with E-state index in [0.717, 1.165) is 32.1 Å². The summed E-state index contributed by atoms with van der Waals surface area (Å²) in [6.07, 6.45) is 6.99. The molecular formula is C18H20O4. The molecule has 5 saturated carbocycles. The maximum Gasteiger partial charge on any atom is 0.309 e. The number of fused-ring (bicyclic) bond motifs is 2. The molecule has 0 aromatic rings. The quantitative estimate of drug-likeness (QED) is 0.549. The molecule has 0 amide bonds. The lowest BCUT2D eigenvalue weighted by atomic mass is 9.57. The molecule has 0 heterocycles. The van der Waals surface area contributed by atoms with Gasteiger partial charge in [0.05, 0.1) is 18.4 Å². The Bertz CT molecular complexity index is 662. The first kappa shape index (κ1) is 13.0. The summed E-state index contributed by atoms with van der Waals surface area (Å²) in [7, 11) is 1.42. The number of hydrogen-bond donors (Lipinski definition) is 0. The van der Waals surface area contributed by atoms with Crippen molar-refractivity contribution in [3.8, 4) is 0 Å². The lowest BCUT2D eigenvalue weighted by Gasteiger charge is -2.45. The summed E-state index contributed by atoms with van der Waals surface area (Å²) in [5.74, 6) is 0.255. The zero-order valence-corrected chi connectivity index (χ0v) is 12.8. The van der Waals surface area contributed by atoms with Crippen molar-refractivity contribution in [3.05, 3.63) is 11.6 Å². The fourth-order valence-electron chi connectivity index (χ4n) is 6.79. The van der Waals surface area contributed by atoms with E-state index in [1.165, 1.54) is 12.7 Å². The fraction of sp³-hybridized carbons (Fsp3) is 0.722. The van der Waals surface area contributed by atoms with Gasteiger partial charge in [-0.3, -0.25) is 14.4 Å². The van der Waals surface area contributed by atoms with Crippen LogP contribution in [0.25, 0.3) is 0 Å². The molecule has 4 nitrogen and oxygen atoms in total. The predicted octanol–water partition coefficient (Wildman–Crippen LogP) is 2.07. The van der Waals surface area contributed by atoms with E-state index in [1.54, 1.807) is 0 Å². The van der Waals surface area contributed by atoms with Gasteiger partial charge in [0.25, 0.3) is 0 Å². The van der Waals surface area contributed by atoms with Crippen LogP contribution < -0.4 is 0 Å². The van der Waals surface area contributed by atoms with Crippen LogP contribution in [0.3, 0.4) is 0 Å². The van der Waals surface area contributed by atoms with Gasteiger partial charge in [0.1, 0.15) is 11.6 Å². The van der Waals surface area contributed by atoms with Gasteiger partial charge in [-0.25, -0.2) is 0 Å². The molecule has 0 N–H and O–H groups in total. The minimum atomic E-state index is -0.368. The van der Waals surface area contributed by atoms with E-state index in [4.69, 9.17) is 4.74 Å². The SMILES string of the molecule is COC(=O)[C@@H]1CCC=C2[C@@H]1CC(=O)[C@@]13C[C@H]4CC[C@@]21C3C4=O. The average molecular weight is 300 g/mol. The second kappa shape index (κ2) is 3.72. The van der Waals surface area contributed by atoms with E-state index in [9.17, 15) is 14.4 Å². The Morgan fingerprint density at radius 3 is 2.86 bits per heavy atom. The number of allylic oxidation sites excluding steroid dienone is 2. The molecule has 4 heteroatoms. The first-order valence-electron chi connectivity index (χ1n) is 8.43. The van der Waals surface area contributed by atoms with Gasteiger partial charge in [0.15, 0.2) is 0 Å². The van der Waals surface area contributed by atoms with Crippen molar-refractivity contribution in [2.45, 2.75) is 38.5 Å².